The van der Waals surface area contributed by atoms with Crippen molar-refractivity contribution in [2.24, 2.45) is 5.73 Å². The molecule has 1 unspecified atom stereocenters. The third-order valence-electron chi connectivity index (χ3n) is 4.11. The molecule has 0 saturated heterocycles. The summed E-state index contributed by atoms with van der Waals surface area (Å²) < 4.78 is 0. The number of carbonyl (C=O) groups excluding carboxylic acids is 1. The van der Waals surface area contributed by atoms with E-state index >= 15 is 0 Å². The highest BCUT2D eigenvalue weighted by Gasteiger charge is 2.19. The van der Waals surface area contributed by atoms with Gasteiger partial charge in [-0.1, -0.05) is 19.8 Å². The molecule has 1 atom stereocenters. The van der Waals surface area contributed by atoms with Gasteiger partial charge in [-0.05, 0) is 43.7 Å². The molecule has 1 amide bonds. The quantitative estimate of drug-likeness (QED) is 0.742. The number of fused-ring (bicyclic) bond motifs is 1. The molecule has 0 aliphatic heterocycles. The summed E-state index contributed by atoms with van der Waals surface area (Å²) in [5, 5.41) is 2.88. The monoisotopic (exact) mass is 291 g/mol. The van der Waals surface area contributed by atoms with E-state index in [2.05, 4.69) is 17.2 Å². The molecule has 0 saturated carbocycles. The third-order valence-corrected chi connectivity index (χ3v) is 4.11. The fourth-order valence-electron chi connectivity index (χ4n) is 2.81. The number of aromatic amines is 1. The predicted octanol–water partition coefficient (Wildman–Crippen LogP) is 1.50. The van der Waals surface area contributed by atoms with Crippen LogP contribution in [0.2, 0.25) is 0 Å². The lowest BCUT2D eigenvalue weighted by Crippen LogP contribution is -2.42. The molecule has 5 heteroatoms. The molecule has 0 aromatic carbocycles. The van der Waals surface area contributed by atoms with Crippen LogP contribution in [0.15, 0.2) is 10.9 Å². The van der Waals surface area contributed by atoms with Crippen molar-refractivity contribution >= 4 is 5.91 Å². The van der Waals surface area contributed by atoms with Crippen LogP contribution in [0.25, 0.3) is 0 Å². The molecule has 1 heterocycles. The largest absolute Gasteiger partial charge is 0.348 e. The lowest BCUT2D eigenvalue weighted by Gasteiger charge is -2.18. The Morgan fingerprint density at radius 3 is 2.90 bits per heavy atom. The van der Waals surface area contributed by atoms with Crippen LogP contribution in [0, 0.1) is 0 Å². The smallest absolute Gasteiger partial charge is 0.261 e. The molecule has 1 aliphatic carbocycles. The van der Waals surface area contributed by atoms with E-state index in [1.807, 2.05) is 0 Å². The highest BCUT2D eigenvalue weighted by molar-refractivity contribution is 5.94. The number of aromatic nitrogens is 1. The topological polar surface area (TPSA) is 88.0 Å². The van der Waals surface area contributed by atoms with Crippen molar-refractivity contribution in [3.63, 3.8) is 0 Å². The van der Waals surface area contributed by atoms with E-state index in [1.54, 1.807) is 6.07 Å². The fourth-order valence-corrected chi connectivity index (χ4v) is 2.81. The Morgan fingerprint density at radius 2 is 2.19 bits per heavy atom. The number of hydrogen-bond donors (Lipinski definition) is 3. The van der Waals surface area contributed by atoms with Crippen molar-refractivity contribution in [3.8, 4) is 0 Å². The number of H-pyrrole nitrogens is 1. The second-order valence-corrected chi connectivity index (χ2v) is 5.77. The second kappa shape index (κ2) is 7.41. The summed E-state index contributed by atoms with van der Waals surface area (Å²) in [5.74, 6) is -0.309. The van der Waals surface area contributed by atoms with Crippen molar-refractivity contribution < 1.29 is 4.79 Å². The van der Waals surface area contributed by atoms with Gasteiger partial charge >= 0.3 is 0 Å². The molecule has 116 valence electrons. The number of nitrogens with two attached hydrogens (primary N) is 1. The third kappa shape index (κ3) is 3.94. The molecule has 0 bridgehead atoms. The lowest BCUT2D eigenvalue weighted by molar-refractivity contribution is 0.0934. The van der Waals surface area contributed by atoms with Gasteiger partial charge < -0.3 is 16.0 Å². The van der Waals surface area contributed by atoms with E-state index in [-0.39, 0.29) is 23.1 Å². The minimum atomic E-state index is -0.309. The SMILES string of the molecule is CCCCC(CN)NC(=O)c1cc2c([nH]c1=O)CCCC2. The van der Waals surface area contributed by atoms with Crippen LogP contribution in [0.5, 0.6) is 0 Å². The van der Waals surface area contributed by atoms with Gasteiger partial charge in [0.15, 0.2) is 0 Å². The van der Waals surface area contributed by atoms with Gasteiger partial charge in [0.1, 0.15) is 5.56 Å². The average molecular weight is 291 g/mol. The van der Waals surface area contributed by atoms with Crippen molar-refractivity contribution in [2.75, 3.05) is 6.54 Å². The maximum Gasteiger partial charge on any atom is 0.261 e. The summed E-state index contributed by atoms with van der Waals surface area (Å²) in [6.07, 6.45) is 6.97. The van der Waals surface area contributed by atoms with Gasteiger partial charge in [-0.2, -0.15) is 0 Å². The van der Waals surface area contributed by atoms with Gasteiger partial charge in [-0.25, -0.2) is 0 Å². The maximum absolute atomic E-state index is 12.3. The number of hydrogen-bond acceptors (Lipinski definition) is 3. The molecule has 0 spiro atoms. The molecule has 1 aromatic rings. The van der Waals surface area contributed by atoms with Crippen molar-refractivity contribution in [3.05, 3.63) is 33.2 Å². The fraction of sp³-hybridized carbons (Fsp3) is 0.625. The van der Waals surface area contributed by atoms with Crippen LogP contribution in [0.3, 0.4) is 0 Å². The normalized spacial score (nSPS) is 15.3. The van der Waals surface area contributed by atoms with E-state index < -0.39 is 0 Å². The van der Waals surface area contributed by atoms with Crippen molar-refractivity contribution in [1.29, 1.82) is 0 Å². The summed E-state index contributed by atoms with van der Waals surface area (Å²) in [7, 11) is 0. The van der Waals surface area contributed by atoms with Gasteiger partial charge in [0.25, 0.3) is 11.5 Å². The number of aryl methyl sites for hydroxylation is 2. The van der Waals surface area contributed by atoms with Crippen LogP contribution in [0.1, 0.15) is 60.6 Å². The van der Waals surface area contributed by atoms with E-state index in [4.69, 9.17) is 5.73 Å². The predicted molar refractivity (Wildman–Crippen MR) is 83.5 cm³/mol. The Morgan fingerprint density at radius 1 is 1.43 bits per heavy atom. The van der Waals surface area contributed by atoms with E-state index in [9.17, 15) is 9.59 Å². The molecule has 21 heavy (non-hydrogen) atoms. The van der Waals surface area contributed by atoms with Gasteiger partial charge in [0, 0.05) is 18.3 Å². The number of amides is 1. The first-order chi connectivity index (χ1) is 10.2. The number of carbonyl (C=O) groups is 1. The Bertz CT molecular complexity index is 551. The van der Waals surface area contributed by atoms with Crippen LogP contribution >= 0.6 is 0 Å². The maximum atomic E-state index is 12.3. The standard InChI is InChI=1S/C16H25N3O2/c1-2-3-7-12(10-17)18-15(20)13-9-11-6-4-5-8-14(11)19-16(13)21/h9,12H,2-8,10,17H2,1H3,(H,18,20)(H,19,21). The van der Waals surface area contributed by atoms with E-state index in [0.717, 1.165) is 56.2 Å². The summed E-state index contributed by atoms with van der Waals surface area (Å²) in [4.78, 5) is 27.2. The van der Waals surface area contributed by atoms with Crippen molar-refractivity contribution in [1.82, 2.24) is 10.3 Å². The molecule has 0 fully saturated rings. The minimum absolute atomic E-state index is 0.0621. The zero-order valence-electron chi connectivity index (χ0n) is 12.7. The molecule has 1 aliphatic rings. The molecule has 1 aromatic heterocycles. The Kier molecular flexibility index (Phi) is 5.56. The van der Waals surface area contributed by atoms with Crippen LogP contribution < -0.4 is 16.6 Å². The molecule has 0 radical (unpaired) electrons. The second-order valence-electron chi connectivity index (χ2n) is 5.77. The average Bonchev–Trinajstić information content (AvgIpc) is 2.50. The van der Waals surface area contributed by atoms with Gasteiger partial charge in [0.05, 0.1) is 0 Å². The first-order valence-corrected chi connectivity index (χ1v) is 7.91. The number of unbranched alkanes of at least 4 members (excludes halogenated alkanes) is 1. The zero-order chi connectivity index (χ0) is 15.2. The van der Waals surface area contributed by atoms with Crippen LogP contribution in [0.4, 0.5) is 0 Å². The Balaban J connectivity index is 2.13. The number of rotatable bonds is 6. The Hall–Kier alpha value is -1.62. The summed E-state index contributed by atoms with van der Waals surface area (Å²) in [6.45, 7) is 2.50. The van der Waals surface area contributed by atoms with E-state index in [1.165, 1.54) is 0 Å². The first kappa shape index (κ1) is 15.8. The van der Waals surface area contributed by atoms with Gasteiger partial charge in [0.2, 0.25) is 0 Å². The number of pyridine rings is 1. The molecule has 2 rings (SSSR count). The molecular weight excluding hydrogens is 266 g/mol. The van der Waals surface area contributed by atoms with E-state index in [0.29, 0.717) is 6.54 Å². The number of nitrogens with one attached hydrogen (secondary N) is 2. The summed E-state index contributed by atoms with van der Waals surface area (Å²) in [5.41, 5.74) is 7.70. The van der Waals surface area contributed by atoms with Gasteiger partial charge in [-0.15, -0.1) is 0 Å². The molecular formula is C16H25N3O2. The molecule has 4 N–H and O–H groups in total. The van der Waals surface area contributed by atoms with Crippen LogP contribution in [-0.2, 0) is 12.8 Å². The lowest BCUT2D eigenvalue weighted by atomic mass is 9.95. The summed E-state index contributed by atoms with van der Waals surface area (Å²) in [6, 6.07) is 1.70. The minimum Gasteiger partial charge on any atom is -0.348 e. The van der Waals surface area contributed by atoms with Crippen molar-refractivity contribution in [2.45, 2.75) is 57.9 Å². The first-order valence-electron chi connectivity index (χ1n) is 7.91. The Labute approximate surface area is 125 Å². The highest BCUT2D eigenvalue weighted by Crippen LogP contribution is 2.18. The zero-order valence-corrected chi connectivity index (χ0v) is 12.7. The summed E-state index contributed by atoms with van der Waals surface area (Å²) >= 11 is 0. The van der Waals surface area contributed by atoms with Crippen LogP contribution in [-0.4, -0.2) is 23.5 Å². The van der Waals surface area contributed by atoms with Gasteiger partial charge in [-0.3, -0.25) is 9.59 Å². The highest BCUT2D eigenvalue weighted by atomic mass is 16.2. The molecule has 5 nitrogen and oxygen atoms in total.